The van der Waals surface area contributed by atoms with Crippen LogP contribution in [0.5, 0.6) is 0 Å². The predicted molar refractivity (Wildman–Crippen MR) is 233 cm³/mol. The first-order valence-electron chi connectivity index (χ1n) is 24.4. The molecule has 0 aliphatic heterocycles. The van der Waals surface area contributed by atoms with E-state index in [-0.39, 0.29) is 31.1 Å². The monoisotopic (exact) mass is 779 g/mol. The van der Waals surface area contributed by atoms with Crippen molar-refractivity contribution in [3.8, 4) is 0 Å². The fraction of sp³-hybridized carbons (Fsp3) is 0.939. The van der Waals surface area contributed by atoms with Crippen LogP contribution in [0.4, 0.5) is 0 Å². The highest BCUT2D eigenvalue weighted by Gasteiger charge is 2.19. The summed E-state index contributed by atoms with van der Waals surface area (Å²) in [5.41, 5.74) is 0. The molecule has 55 heavy (non-hydrogen) atoms. The Hall–Kier alpha value is -1.59. The zero-order valence-corrected chi connectivity index (χ0v) is 37.4. The molecule has 0 rings (SSSR count). The van der Waals surface area contributed by atoms with Crippen LogP contribution in [0.15, 0.2) is 0 Å². The molecule has 6 nitrogen and oxygen atoms in total. The average Bonchev–Trinajstić information content (AvgIpc) is 3.17. The summed E-state index contributed by atoms with van der Waals surface area (Å²) in [7, 11) is 0. The average molecular weight is 779 g/mol. The lowest BCUT2D eigenvalue weighted by atomic mass is 10.0. The van der Waals surface area contributed by atoms with Gasteiger partial charge in [-0.2, -0.15) is 0 Å². The largest absolute Gasteiger partial charge is 0.462 e. The number of hydrogen-bond acceptors (Lipinski definition) is 6. The Labute approximate surface area is 342 Å². The van der Waals surface area contributed by atoms with Gasteiger partial charge in [-0.05, 0) is 25.2 Å². The predicted octanol–water partition coefficient (Wildman–Crippen LogP) is 15.5. The van der Waals surface area contributed by atoms with E-state index in [1.807, 2.05) is 0 Å². The number of carbonyl (C=O) groups excluding carboxylic acids is 3. The third kappa shape index (κ3) is 43.4. The van der Waals surface area contributed by atoms with Crippen molar-refractivity contribution in [2.75, 3.05) is 13.2 Å². The van der Waals surface area contributed by atoms with E-state index in [0.29, 0.717) is 19.3 Å². The molecule has 0 N–H and O–H groups in total. The van der Waals surface area contributed by atoms with Crippen LogP contribution in [0, 0.1) is 5.92 Å². The molecule has 0 radical (unpaired) electrons. The van der Waals surface area contributed by atoms with E-state index in [2.05, 4.69) is 27.7 Å². The normalized spacial score (nSPS) is 11.9. The summed E-state index contributed by atoms with van der Waals surface area (Å²) >= 11 is 0. The summed E-state index contributed by atoms with van der Waals surface area (Å²) in [5.74, 6) is -0.0491. The minimum absolute atomic E-state index is 0.0641. The summed E-state index contributed by atoms with van der Waals surface area (Å²) in [5, 5.41) is 0. The lowest BCUT2D eigenvalue weighted by Crippen LogP contribution is -2.30. The van der Waals surface area contributed by atoms with Crippen LogP contribution in [-0.2, 0) is 28.6 Å². The molecule has 1 atom stereocenters. The highest BCUT2D eigenvalue weighted by atomic mass is 16.6. The van der Waals surface area contributed by atoms with Gasteiger partial charge in [0.2, 0.25) is 0 Å². The van der Waals surface area contributed by atoms with E-state index in [9.17, 15) is 14.4 Å². The number of rotatable bonds is 44. The van der Waals surface area contributed by atoms with Gasteiger partial charge in [0.25, 0.3) is 0 Å². The fourth-order valence-electron chi connectivity index (χ4n) is 7.33. The van der Waals surface area contributed by atoms with Crippen LogP contribution < -0.4 is 0 Å². The van der Waals surface area contributed by atoms with Gasteiger partial charge in [-0.1, -0.05) is 233 Å². The van der Waals surface area contributed by atoms with Gasteiger partial charge in [-0.3, -0.25) is 14.4 Å². The highest BCUT2D eigenvalue weighted by Crippen LogP contribution is 2.17. The molecular formula is C49H94O6. The fourth-order valence-corrected chi connectivity index (χ4v) is 7.33. The molecule has 326 valence electrons. The third-order valence-electron chi connectivity index (χ3n) is 11.0. The summed E-state index contributed by atoms with van der Waals surface area (Å²) in [4.78, 5) is 37.7. The minimum atomic E-state index is -0.759. The van der Waals surface area contributed by atoms with Gasteiger partial charge >= 0.3 is 17.9 Å². The van der Waals surface area contributed by atoms with Crippen molar-refractivity contribution in [1.29, 1.82) is 0 Å². The first-order valence-corrected chi connectivity index (χ1v) is 24.4. The molecular weight excluding hydrogens is 685 g/mol. The zero-order chi connectivity index (χ0) is 40.3. The molecule has 0 bridgehead atoms. The third-order valence-corrected chi connectivity index (χ3v) is 11.0. The second-order valence-corrected chi connectivity index (χ2v) is 17.2. The van der Waals surface area contributed by atoms with Gasteiger partial charge in [0.15, 0.2) is 6.10 Å². The molecule has 0 aliphatic rings. The Morgan fingerprint density at radius 1 is 0.345 bits per heavy atom. The van der Waals surface area contributed by atoms with Crippen molar-refractivity contribution in [1.82, 2.24) is 0 Å². The number of carbonyl (C=O) groups is 3. The highest BCUT2D eigenvalue weighted by molar-refractivity contribution is 5.71. The summed E-state index contributed by atoms with van der Waals surface area (Å²) in [6.07, 6.45) is 43.9. The van der Waals surface area contributed by atoms with Crippen molar-refractivity contribution in [2.24, 2.45) is 5.92 Å². The van der Waals surface area contributed by atoms with Crippen LogP contribution in [0.3, 0.4) is 0 Å². The molecule has 0 aromatic carbocycles. The van der Waals surface area contributed by atoms with Crippen molar-refractivity contribution >= 4 is 17.9 Å². The standard InChI is InChI=1S/C49H94O6/c1-5-7-9-11-13-14-15-16-17-18-19-20-21-22-25-29-32-36-40-47(50)53-43-46(55-49(52)42-38-34-27-12-10-8-6-2)44-54-48(51)41-37-33-30-26-23-24-28-31-35-39-45(3)4/h45-46H,5-44H2,1-4H3/t46-/m0/s1. The molecule has 0 aromatic heterocycles. The van der Waals surface area contributed by atoms with Gasteiger partial charge < -0.3 is 14.2 Å². The van der Waals surface area contributed by atoms with Gasteiger partial charge in [0.1, 0.15) is 13.2 Å². The van der Waals surface area contributed by atoms with Gasteiger partial charge in [-0.25, -0.2) is 0 Å². The number of hydrogen-bond donors (Lipinski definition) is 0. The first-order chi connectivity index (χ1) is 26.9. The van der Waals surface area contributed by atoms with Crippen molar-refractivity contribution in [2.45, 2.75) is 278 Å². The smallest absolute Gasteiger partial charge is 0.306 e. The Morgan fingerprint density at radius 2 is 0.600 bits per heavy atom. The maximum Gasteiger partial charge on any atom is 0.306 e. The first kappa shape index (κ1) is 53.4. The van der Waals surface area contributed by atoms with Gasteiger partial charge in [-0.15, -0.1) is 0 Å². The van der Waals surface area contributed by atoms with Gasteiger partial charge in [0, 0.05) is 19.3 Å². The van der Waals surface area contributed by atoms with E-state index >= 15 is 0 Å². The van der Waals surface area contributed by atoms with Crippen LogP contribution in [0.25, 0.3) is 0 Å². The number of esters is 3. The van der Waals surface area contributed by atoms with Crippen LogP contribution in [0.2, 0.25) is 0 Å². The second kappa shape index (κ2) is 43.5. The quantitative estimate of drug-likeness (QED) is 0.0348. The van der Waals surface area contributed by atoms with Crippen molar-refractivity contribution in [3.63, 3.8) is 0 Å². The molecule has 0 unspecified atom stereocenters. The lowest BCUT2D eigenvalue weighted by Gasteiger charge is -2.18. The molecule has 0 aliphatic carbocycles. The van der Waals surface area contributed by atoms with E-state index in [4.69, 9.17) is 14.2 Å². The van der Waals surface area contributed by atoms with Crippen molar-refractivity contribution in [3.05, 3.63) is 0 Å². The Kier molecular flexibility index (Phi) is 42.3. The van der Waals surface area contributed by atoms with E-state index in [1.54, 1.807) is 0 Å². The minimum Gasteiger partial charge on any atom is -0.462 e. The van der Waals surface area contributed by atoms with Crippen molar-refractivity contribution < 1.29 is 28.6 Å². The van der Waals surface area contributed by atoms with Crippen LogP contribution >= 0.6 is 0 Å². The molecule has 6 heteroatoms. The molecule has 0 fully saturated rings. The topological polar surface area (TPSA) is 78.9 Å². The number of unbranched alkanes of at least 4 members (excludes halogenated alkanes) is 31. The van der Waals surface area contributed by atoms with Crippen LogP contribution in [0.1, 0.15) is 272 Å². The van der Waals surface area contributed by atoms with Crippen LogP contribution in [-0.4, -0.2) is 37.2 Å². The molecule has 0 saturated carbocycles. The Morgan fingerprint density at radius 3 is 0.891 bits per heavy atom. The van der Waals surface area contributed by atoms with E-state index < -0.39 is 6.10 Å². The SMILES string of the molecule is CCCCCCCCCCCCCCCCCCCCC(=O)OC[C@@H](COC(=O)CCCCCCCCCCCC(C)C)OC(=O)CCCCCCCCC. The van der Waals surface area contributed by atoms with E-state index in [0.717, 1.165) is 63.7 Å². The molecule has 0 aromatic rings. The Balaban J connectivity index is 4.16. The molecule has 0 saturated heterocycles. The van der Waals surface area contributed by atoms with E-state index in [1.165, 1.54) is 167 Å². The maximum absolute atomic E-state index is 12.6. The van der Waals surface area contributed by atoms with Gasteiger partial charge in [0.05, 0.1) is 0 Å². The molecule has 0 heterocycles. The zero-order valence-electron chi connectivity index (χ0n) is 37.4. The second-order valence-electron chi connectivity index (χ2n) is 17.2. The lowest BCUT2D eigenvalue weighted by molar-refractivity contribution is -0.167. The maximum atomic E-state index is 12.6. The molecule has 0 spiro atoms. The summed E-state index contributed by atoms with van der Waals surface area (Å²) in [6, 6.07) is 0. The summed E-state index contributed by atoms with van der Waals surface area (Å²) < 4.78 is 16.7. The number of ether oxygens (including phenoxy) is 3. The summed E-state index contributed by atoms with van der Waals surface area (Å²) in [6.45, 7) is 8.95. The Bertz CT molecular complexity index is 826. The molecule has 0 amide bonds.